The van der Waals surface area contributed by atoms with Crippen LogP contribution in [-0.4, -0.2) is 19.8 Å². The van der Waals surface area contributed by atoms with Crippen molar-refractivity contribution in [3.05, 3.63) is 22.2 Å². The highest BCUT2D eigenvalue weighted by molar-refractivity contribution is 6.32. The van der Waals surface area contributed by atoms with E-state index < -0.39 is 0 Å². The average molecular weight is 296 g/mol. The Balaban J connectivity index is 2.21. The summed E-state index contributed by atoms with van der Waals surface area (Å²) in [6, 6.07) is 2.07. The standard InChI is InChI=1S/C16H22ClNO2/c1-10(2)13-11(16(9-18)4-3-5-16)8-12(17)14-15(13)20-7-6-19-14/h8,10H,3-7,9,18H2,1-2H3. The maximum atomic E-state index is 6.42. The molecule has 0 saturated heterocycles. The van der Waals surface area contributed by atoms with Crippen LogP contribution < -0.4 is 15.2 Å². The van der Waals surface area contributed by atoms with Gasteiger partial charge in [-0.05, 0) is 30.4 Å². The van der Waals surface area contributed by atoms with Crippen molar-refractivity contribution in [1.29, 1.82) is 0 Å². The fourth-order valence-electron chi connectivity index (χ4n) is 3.39. The average Bonchev–Trinajstić information content (AvgIpc) is 2.38. The number of hydrogen-bond acceptors (Lipinski definition) is 3. The Morgan fingerprint density at radius 2 is 1.90 bits per heavy atom. The van der Waals surface area contributed by atoms with Gasteiger partial charge in [-0.15, -0.1) is 0 Å². The van der Waals surface area contributed by atoms with Crippen molar-refractivity contribution >= 4 is 11.6 Å². The Morgan fingerprint density at radius 1 is 1.25 bits per heavy atom. The van der Waals surface area contributed by atoms with Crippen LogP contribution >= 0.6 is 11.6 Å². The van der Waals surface area contributed by atoms with Crippen LogP contribution in [0, 0.1) is 0 Å². The van der Waals surface area contributed by atoms with Gasteiger partial charge in [0.05, 0.1) is 5.02 Å². The van der Waals surface area contributed by atoms with E-state index >= 15 is 0 Å². The third-order valence-corrected chi connectivity index (χ3v) is 4.94. The molecule has 110 valence electrons. The molecule has 20 heavy (non-hydrogen) atoms. The molecule has 1 aliphatic heterocycles. The monoisotopic (exact) mass is 295 g/mol. The quantitative estimate of drug-likeness (QED) is 0.926. The lowest BCUT2D eigenvalue weighted by Gasteiger charge is -2.44. The van der Waals surface area contributed by atoms with E-state index in [1.54, 1.807) is 0 Å². The molecule has 1 saturated carbocycles. The SMILES string of the molecule is CC(C)c1c(C2(CN)CCC2)cc(Cl)c2c1OCCO2. The minimum Gasteiger partial charge on any atom is -0.486 e. The van der Waals surface area contributed by atoms with Gasteiger partial charge in [-0.1, -0.05) is 31.9 Å². The van der Waals surface area contributed by atoms with Gasteiger partial charge in [-0.2, -0.15) is 0 Å². The predicted octanol–water partition coefficient (Wildman–Crippen LogP) is 3.62. The van der Waals surface area contributed by atoms with E-state index in [0.717, 1.165) is 18.6 Å². The zero-order valence-corrected chi connectivity index (χ0v) is 12.9. The number of ether oxygens (including phenoxy) is 2. The summed E-state index contributed by atoms with van der Waals surface area (Å²) in [7, 11) is 0. The number of hydrogen-bond donors (Lipinski definition) is 1. The molecule has 0 atom stereocenters. The van der Waals surface area contributed by atoms with Gasteiger partial charge in [0.1, 0.15) is 13.2 Å². The largest absolute Gasteiger partial charge is 0.486 e. The molecule has 1 aromatic carbocycles. The molecule has 2 N–H and O–H groups in total. The zero-order valence-electron chi connectivity index (χ0n) is 12.2. The molecule has 1 fully saturated rings. The first-order valence-corrected chi connectivity index (χ1v) is 7.79. The van der Waals surface area contributed by atoms with Gasteiger partial charge in [-0.3, -0.25) is 0 Å². The highest BCUT2D eigenvalue weighted by Gasteiger charge is 2.41. The molecule has 0 unspecified atom stereocenters. The van der Waals surface area contributed by atoms with Crippen LogP contribution in [0.5, 0.6) is 11.5 Å². The first kappa shape index (κ1) is 14.0. The van der Waals surface area contributed by atoms with E-state index in [1.807, 2.05) is 0 Å². The summed E-state index contributed by atoms with van der Waals surface area (Å²) >= 11 is 6.42. The number of fused-ring (bicyclic) bond motifs is 1. The van der Waals surface area contributed by atoms with E-state index in [-0.39, 0.29) is 5.41 Å². The number of rotatable bonds is 3. The zero-order chi connectivity index (χ0) is 14.3. The number of nitrogens with two attached hydrogens (primary N) is 1. The molecular weight excluding hydrogens is 274 g/mol. The van der Waals surface area contributed by atoms with Crippen molar-refractivity contribution in [2.24, 2.45) is 5.73 Å². The van der Waals surface area contributed by atoms with E-state index in [0.29, 0.717) is 36.4 Å². The molecule has 3 rings (SSSR count). The van der Waals surface area contributed by atoms with Gasteiger partial charge in [0.2, 0.25) is 0 Å². The van der Waals surface area contributed by atoms with Gasteiger partial charge < -0.3 is 15.2 Å². The van der Waals surface area contributed by atoms with E-state index in [9.17, 15) is 0 Å². The van der Waals surface area contributed by atoms with E-state index in [1.165, 1.54) is 17.5 Å². The van der Waals surface area contributed by atoms with E-state index in [2.05, 4.69) is 19.9 Å². The summed E-state index contributed by atoms with van der Waals surface area (Å²) < 4.78 is 11.6. The second-order valence-electron chi connectivity index (χ2n) is 6.17. The van der Waals surface area contributed by atoms with E-state index in [4.69, 9.17) is 26.8 Å². The fraction of sp³-hybridized carbons (Fsp3) is 0.625. The third kappa shape index (κ3) is 1.99. The molecule has 4 heteroatoms. The Kier molecular flexibility index (Phi) is 3.59. The van der Waals surface area contributed by atoms with Crippen molar-refractivity contribution in [2.75, 3.05) is 19.8 Å². The Labute approximate surface area is 125 Å². The Morgan fingerprint density at radius 3 is 2.40 bits per heavy atom. The first-order chi connectivity index (χ1) is 9.59. The molecule has 1 aromatic rings. The van der Waals surface area contributed by atoms with Crippen molar-refractivity contribution in [2.45, 2.75) is 44.4 Å². The van der Waals surface area contributed by atoms with Gasteiger partial charge in [-0.25, -0.2) is 0 Å². The molecular formula is C16H22ClNO2. The highest BCUT2D eigenvalue weighted by Crippen LogP contribution is 2.52. The summed E-state index contributed by atoms with van der Waals surface area (Å²) in [5.74, 6) is 1.91. The van der Waals surface area contributed by atoms with Gasteiger partial charge >= 0.3 is 0 Å². The van der Waals surface area contributed by atoms with Crippen LogP contribution in [0.25, 0.3) is 0 Å². The molecule has 0 bridgehead atoms. The van der Waals surface area contributed by atoms with Crippen LogP contribution in [0.3, 0.4) is 0 Å². The molecule has 1 aliphatic carbocycles. The summed E-state index contributed by atoms with van der Waals surface area (Å²) in [6.07, 6.45) is 3.51. The van der Waals surface area contributed by atoms with Crippen LogP contribution in [-0.2, 0) is 5.41 Å². The lowest BCUT2D eigenvalue weighted by Crippen LogP contribution is -2.42. The van der Waals surface area contributed by atoms with Gasteiger partial charge in [0.25, 0.3) is 0 Å². The van der Waals surface area contributed by atoms with Crippen molar-refractivity contribution in [3.63, 3.8) is 0 Å². The first-order valence-electron chi connectivity index (χ1n) is 7.41. The Hall–Kier alpha value is -0.930. The topological polar surface area (TPSA) is 44.5 Å². The third-order valence-electron chi connectivity index (χ3n) is 4.66. The second-order valence-corrected chi connectivity index (χ2v) is 6.57. The van der Waals surface area contributed by atoms with Crippen molar-refractivity contribution in [3.8, 4) is 11.5 Å². The van der Waals surface area contributed by atoms with Crippen LogP contribution in [0.4, 0.5) is 0 Å². The lowest BCUT2D eigenvalue weighted by atomic mass is 9.62. The summed E-state index contributed by atoms with van der Waals surface area (Å²) in [6.45, 7) is 6.19. The maximum absolute atomic E-state index is 6.42. The summed E-state index contributed by atoms with van der Waals surface area (Å²) in [5.41, 5.74) is 8.67. The molecule has 0 radical (unpaired) electrons. The van der Waals surface area contributed by atoms with Gasteiger partial charge in [0, 0.05) is 17.5 Å². The lowest BCUT2D eigenvalue weighted by molar-refractivity contribution is 0.167. The minimum atomic E-state index is 0.0824. The normalized spacial score (nSPS) is 19.9. The van der Waals surface area contributed by atoms with Crippen molar-refractivity contribution < 1.29 is 9.47 Å². The van der Waals surface area contributed by atoms with Gasteiger partial charge in [0.15, 0.2) is 11.5 Å². The van der Waals surface area contributed by atoms with Crippen LogP contribution in [0.15, 0.2) is 6.07 Å². The van der Waals surface area contributed by atoms with Crippen LogP contribution in [0.1, 0.15) is 50.2 Å². The highest BCUT2D eigenvalue weighted by atomic mass is 35.5. The maximum Gasteiger partial charge on any atom is 0.180 e. The van der Waals surface area contributed by atoms with Crippen LogP contribution in [0.2, 0.25) is 5.02 Å². The number of halogens is 1. The molecule has 0 amide bonds. The molecule has 0 aromatic heterocycles. The molecule has 3 nitrogen and oxygen atoms in total. The molecule has 1 heterocycles. The summed E-state index contributed by atoms with van der Waals surface area (Å²) in [5, 5.41) is 0.652. The summed E-state index contributed by atoms with van der Waals surface area (Å²) in [4.78, 5) is 0. The van der Waals surface area contributed by atoms with Crippen molar-refractivity contribution in [1.82, 2.24) is 0 Å². The minimum absolute atomic E-state index is 0.0824. The Bertz CT molecular complexity index is 518. The number of benzene rings is 1. The smallest absolute Gasteiger partial charge is 0.180 e. The molecule has 2 aliphatic rings. The second kappa shape index (κ2) is 5.12. The molecule has 0 spiro atoms. The fourth-order valence-corrected chi connectivity index (χ4v) is 3.64. The predicted molar refractivity (Wildman–Crippen MR) is 81.1 cm³/mol.